The largest absolute Gasteiger partial charge is 0.393 e. The van der Waals surface area contributed by atoms with E-state index in [1.54, 1.807) is 0 Å². The van der Waals surface area contributed by atoms with Crippen LogP contribution < -0.4 is 5.73 Å². The van der Waals surface area contributed by atoms with Crippen molar-refractivity contribution in [2.45, 2.75) is 32.4 Å². The van der Waals surface area contributed by atoms with Gasteiger partial charge in [-0.1, -0.05) is 19.1 Å². The minimum absolute atomic E-state index is 0.481. The average Bonchev–Trinajstić information content (AvgIpc) is 2.46. The van der Waals surface area contributed by atoms with Crippen LogP contribution in [0.3, 0.4) is 0 Å². The second-order valence-corrected chi connectivity index (χ2v) is 5.51. The Balaban J connectivity index is 2.50. The normalized spacial score (nSPS) is 29.7. The van der Waals surface area contributed by atoms with Crippen molar-refractivity contribution in [1.82, 2.24) is 9.80 Å². The van der Waals surface area contributed by atoms with Gasteiger partial charge in [-0.15, -0.1) is 0 Å². The van der Waals surface area contributed by atoms with Crippen LogP contribution in [0.5, 0.6) is 0 Å². The van der Waals surface area contributed by atoms with Gasteiger partial charge in [0.15, 0.2) is 0 Å². The zero-order chi connectivity index (χ0) is 11.6. The van der Waals surface area contributed by atoms with Crippen molar-refractivity contribution in [3.63, 3.8) is 0 Å². The Hall–Kier alpha value is -0.190. The first kappa shape index (κ1) is 12.9. The molecule has 0 aromatic rings. The molecule has 1 aliphatic heterocycles. The van der Waals surface area contributed by atoms with Gasteiger partial charge in [-0.3, -0.25) is 4.90 Å². The summed E-state index contributed by atoms with van der Waals surface area (Å²) in [5.74, 6) is 0.730. The van der Waals surface area contributed by atoms with Crippen molar-refractivity contribution < 1.29 is 0 Å². The van der Waals surface area contributed by atoms with E-state index in [0.29, 0.717) is 17.1 Å². The molecule has 0 spiro atoms. The van der Waals surface area contributed by atoms with Crippen molar-refractivity contribution in [3.8, 4) is 0 Å². The monoisotopic (exact) mass is 229 g/mol. The summed E-state index contributed by atoms with van der Waals surface area (Å²) in [4.78, 5) is 5.44. The molecule has 15 heavy (non-hydrogen) atoms. The van der Waals surface area contributed by atoms with Crippen LogP contribution in [-0.2, 0) is 0 Å². The number of nitrogens with zero attached hydrogens (tertiary/aromatic N) is 2. The summed E-state index contributed by atoms with van der Waals surface area (Å²) in [5.41, 5.74) is 5.58. The molecule has 2 N–H and O–H groups in total. The molecule has 0 radical (unpaired) electrons. The quantitative estimate of drug-likeness (QED) is 0.727. The van der Waals surface area contributed by atoms with Gasteiger partial charge in [0.1, 0.15) is 0 Å². The van der Waals surface area contributed by atoms with Crippen LogP contribution in [-0.4, -0.2) is 54.1 Å². The van der Waals surface area contributed by atoms with E-state index in [1.165, 1.54) is 0 Å². The predicted octanol–water partition coefficient (Wildman–Crippen LogP) is 0.933. The molecular weight excluding hydrogens is 206 g/mol. The van der Waals surface area contributed by atoms with E-state index in [4.69, 9.17) is 18.0 Å². The third-order valence-corrected chi connectivity index (χ3v) is 3.55. The van der Waals surface area contributed by atoms with Crippen LogP contribution in [0.25, 0.3) is 0 Å². The maximum Gasteiger partial charge on any atom is 0.0742 e. The lowest BCUT2D eigenvalue weighted by Crippen LogP contribution is -2.37. The number of likely N-dealkylation sites (tertiary alicyclic amines) is 1. The first-order valence-corrected chi connectivity index (χ1v) is 6.01. The lowest BCUT2D eigenvalue weighted by molar-refractivity contribution is 0.228. The van der Waals surface area contributed by atoms with E-state index in [-0.39, 0.29) is 0 Å². The molecule has 0 aromatic carbocycles. The highest BCUT2D eigenvalue weighted by Gasteiger charge is 2.33. The molecule has 1 saturated heterocycles. The molecule has 3 nitrogen and oxygen atoms in total. The van der Waals surface area contributed by atoms with E-state index in [1.807, 2.05) is 0 Å². The van der Waals surface area contributed by atoms with E-state index in [9.17, 15) is 0 Å². The van der Waals surface area contributed by atoms with Crippen LogP contribution in [0, 0.1) is 5.92 Å². The molecule has 0 amide bonds. The molecule has 4 heteroatoms. The van der Waals surface area contributed by atoms with Crippen molar-refractivity contribution in [2.24, 2.45) is 11.7 Å². The van der Waals surface area contributed by atoms with Crippen molar-refractivity contribution in [1.29, 1.82) is 0 Å². The SMILES string of the molecule is CC1CN(C(C)CC(N)=S)CC1N(C)C. The van der Waals surface area contributed by atoms with Crippen LogP contribution >= 0.6 is 12.2 Å². The standard InChI is InChI=1S/C11H23N3S/c1-8-6-14(7-10(8)13(3)4)9(2)5-11(12)15/h8-10H,5-7H2,1-4H3,(H2,12,15). The lowest BCUT2D eigenvalue weighted by atomic mass is 10.1. The number of likely N-dealkylation sites (N-methyl/N-ethyl adjacent to an activating group) is 1. The van der Waals surface area contributed by atoms with E-state index >= 15 is 0 Å². The van der Waals surface area contributed by atoms with Crippen LogP contribution in [0.15, 0.2) is 0 Å². The molecule has 1 fully saturated rings. The number of hydrogen-bond donors (Lipinski definition) is 1. The Kier molecular flexibility index (Phi) is 4.49. The second-order valence-electron chi connectivity index (χ2n) is 4.98. The first-order valence-electron chi connectivity index (χ1n) is 5.60. The summed E-state index contributed by atoms with van der Waals surface area (Å²) in [6.07, 6.45) is 0.836. The Morgan fingerprint density at radius 3 is 2.53 bits per heavy atom. The molecule has 88 valence electrons. The maximum absolute atomic E-state index is 5.58. The Morgan fingerprint density at radius 2 is 2.13 bits per heavy atom. The molecule has 3 atom stereocenters. The average molecular weight is 229 g/mol. The van der Waals surface area contributed by atoms with Crippen molar-refractivity contribution in [2.75, 3.05) is 27.2 Å². The molecular formula is C11H23N3S. The molecule has 1 aliphatic rings. The number of hydrogen-bond acceptors (Lipinski definition) is 3. The Labute approximate surface area is 98.6 Å². The van der Waals surface area contributed by atoms with Crippen LogP contribution in [0.1, 0.15) is 20.3 Å². The molecule has 1 heterocycles. The van der Waals surface area contributed by atoms with E-state index in [0.717, 1.165) is 25.4 Å². The molecule has 3 unspecified atom stereocenters. The van der Waals surface area contributed by atoms with Crippen LogP contribution in [0.2, 0.25) is 0 Å². The van der Waals surface area contributed by atoms with Gasteiger partial charge >= 0.3 is 0 Å². The molecule has 0 bridgehead atoms. The van der Waals surface area contributed by atoms with E-state index in [2.05, 4.69) is 37.7 Å². The smallest absolute Gasteiger partial charge is 0.0742 e. The maximum atomic E-state index is 5.58. The van der Waals surface area contributed by atoms with Crippen molar-refractivity contribution in [3.05, 3.63) is 0 Å². The molecule has 0 saturated carbocycles. The molecule has 0 aliphatic carbocycles. The van der Waals surface area contributed by atoms with Gasteiger partial charge in [-0.05, 0) is 26.9 Å². The molecule has 0 aromatic heterocycles. The predicted molar refractivity (Wildman–Crippen MR) is 69.1 cm³/mol. The fraction of sp³-hybridized carbons (Fsp3) is 0.909. The summed E-state index contributed by atoms with van der Waals surface area (Å²) in [5, 5.41) is 0. The fourth-order valence-electron chi connectivity index (χ4n) is 2.44. The lowest BCUT2D eigenvalue weighted by Gasteiger charge is -2.25. The summed E-state index contributed by atoms with van der Waals surface area (Å²) in [7, 11) is 4.31. The third-order valence-electron chi connectivity index (χ3n) is 3.38. The zero-order valence-corrected chi connectivity index (χ0v) is 11.0. The summed E-state index contributed by atoms with van der Waals surface area (Å²) in [6, 6.07) is 1.15. The fourth-order valence-corrected chi connectivity index (χ4v) is 2.68. The summed E-state index contributed by atoms with van der Waals surface area (Å²) in [6.45, 7) is 6.83. The van der Waals surface area contributed by atoms with Crippen LogP contribution in [0.4, 0.5) is 0 Å². The van der Waals surface area contributed by atoms with Gasteiger partial charge in [0, 0.05) is 31.6 Å². The van der Waals surface area contributed by atoms with Gasteiger partial charge < -0.3 is 10.6 Å². The first-order chi connectivity index (χ1) is 6.91. The highest BCUT2D eigenvalue weighted by molar-refractivity contribution is 7.80. The Morgan fingerprint density at radius 1 is 1.53 bits per heavy atom. The third kappa shape index (κ3) is 3.40. The summed E-state index contributed by atoms with van der Waals surface area (Å²) >= 11 is 4.96. The highest BCUT2D eigenvalue weighted by atomic mass is 32.1. The van der Waals surface area contributed by atoms with Gasteiger partial charge in [-0.2, -0.15) is 0 Å². The number of rotatable bonds is 4. The zero-order valence-electron chi connectivity index (χ0n) is 10.2. The minimum Gasteiger partial charge on any atom is -0.393 e. The minimum atomic E-state index is 0.481. The van der Waals surface area contributed by atoms with Gasteiger partial charge in [0.25, 0.3) is 0 Å². The van der Waals surface area contributed by atoms with Gasteiger partial charge in [0.2, 0.25) is 0 Å². The molecule has 1 rings (SSSR count). The summed E-state index contributed by atoms with van der Waals surface area (Å²) < 4.78 is 0. The Bertz CT molecular complexity index is 230. The van der Waals surface area contributed by atoms with Gasteiger partial charge in [0.05, 0.1) is 4.99 Å². The highest BCUT2D eigenvalue weighted by Crippen LogP contribution is 2.22. The topological polar surface area (TPSA) is 32.5 Å². The second kappa shape index (κ2) is 5.23. The number of nitrogens with two attached hydrogens (primary N) is 1. The van der Waals surface area contributed by atoms with Crippen molar-refractivity contribution >= 4 is 17.2 Å². The van der Waals surface area contributed by atoms with Gasteiger partial charge in [-0.25, -0.2) is 0 Å². The number of thiocarbonyl (C=S) groups is 1. The van der Waals surface area contributed by atoms with E-state index < -0.39 is 0 Å².